The molecule has 68 valence electrons. The predicted molar refractivity (Wildman–Crippen MR) is 53.2 cm³/mol. The minimum absolute atomic E-state index is 0.199. The van der Waals surface area contributed by atoms with Crippen LogP contribution in [0.4, 0.5) is 0 Å². The summed E-state index contributed by atoms with van der Waals surface area (Å²) in [5.74, 6) is 0.998. The van der Waals surface area contributed by atoms with Crippen molar-refractivity contribution in [2.75, 3.05) is 0 Å². The van der Waals surface area contributed by atoms with Crippen molar-refractivity contribution in [1.82, 2.24) is 0 Å². The van der Waals surface area contributed by atoms with Gasteiger partial charge in [-0.3, -0.25) is 4.79 Å². The number of hydrogen-bond acceptors (Lipinski definition) is 2. The van der Waals surface area contributed by atoms with E-state index in [9.17, 15) is 4.79 Å². The van der Waals surface area contributed by atoms with Gasteiger partial charge in [0.1, 0.15) is 5.76 Å². The number of carbonyl (C=O) groups excluding carboxylic acids is 1. The summed E-state index contributed by atoms with van der Waals surface area (Å²) in [4.78, 5) is 11.1. The molecule has 0 spiro atoms. The highest BCUT2D eigenvalue weighted by Crippen LogP contribution is 2.31. The first-order valence-electron chi connectivity index (χ1n) is 4.24. The maximum Gasteiger partial charge on any atom is 0.156 e. The summed E-state index contributed by atoms with van der Waals surface area (Å²) in [5.41, 5.74) is 1.01. The van der Waals surface area contributed by atoms with Crippen molar-refractivity contribution < 1.29 is 9.21 Å². The van der Waals surface area contributed by atoms with Crippen molar-refractivity contribution in [3.8, 4) is 0 Å². The third-order valence-corrected chi connectivity index (χ3v) is 2.74. The summed E-state index contributed by atoms with van der Waals surface area (Å²) in [6.07, 6.45) is 5.84. The topological polar surface area (TPSA) is 30.2 Å². The van der Waals surface area contributed by atoms with Gasteiger partial charge in [-0.25, -0.2) is 0 Å². The van der Waals surface area contributed by atoms with Crippen LogP contribution in [0, 0.1) is 0 Å². The molecule has 0 atom stereocenters. The van der Waals surface area contributed by atoms with Crippen LogP contribution >= 0.6 is 15.9 Å². The zero-order valence-electron chi connectivity index (χ0n) is 7.05. The van der Waals surface area contributed by atoms with E-state index < -0.39 is 0 Å². The minimum atomic E-state index is 0.199. The lowest BCUT2D eigenvalue weighted by molar-refractivity contribution is -0.114. The predicted octanol–water partition coefficient (Wildman–Crippen LogP) is 3.18. The van der Waals surface area contributed by atoms with Crippen molar-refractivity contribution in [1.29, 1.82) is 0 Å². The molecule has 0 fully saturated rings. The average molecular weight is 241 g/mol. The number of furan rings is 1. The summed E-state index contributed by atoms with van der Waals surface area (Å²) in [6.45, 7) is 0. The number of hydrogen-bond donors (Lipinski definition) is 0. The fraction of sp³-hybridized carbons (Fsp3) is 0.300. The van der Waals surface area contributed by atoms with Crippen molar-refractivity contribution in [3.63, 3.8) is 0 Å². The highest BCUT2D eigenvalue weighted by molar-refractivity contribution is 9.10. The standard InChI is InChI=1S/C10H9BrO2/c11-9-4-5-13-10(9)7-2-1-3-8(12)6-7/h4-6H,1-3H2. The molecule has 0 saturated carbocycles. The van der Waals surface area contributed by atoms with Crippen LogP contribution in [0.25, 0.3) is 5.57 Å². The molecule has 0 unspecified atom stereocenters. The van der Waals surface area contributed by atoms with Crippen molar-refractivity contribution in [2.45, 2.75) is 19.3 Å². The molecular formula is C10H9BrO2. The monoisotopic (exact) mass is 240 g/mol. The van der Waals surface area contributed by atoms with Crippen LogP contribution in [0.15, 0.2) is 27.3 Å². The second-order valence-electron chi connectivity index (χ2n) is 3.09. The largest absolute Gasteiger partial charge is 0.463 e. The van der Waals surface area contributed by atoms with Gasteiger partial charge in [0, 0.05) is 6.42 Å². The molecule has 1 aromatic heterocycles. The normalized spacial score (nSPS) is 17.3. The van der Waals surface area contributed by atoms with Crippen LogP contribution in [0.1, 0.15) is 25.0 Å². The van der Waals surface area contributed by atoms with E-state index >= 15 is 0 Å². The van der Waals surface area contributed by atoms with Gasteiger partial charge in [0.25, 0.3) is 0 Å². The van der Waals surface area contributed by atoms with Gasteiger partial charge in [0.2, 0.25) is 0 Å². The molecule has 0 aliphatic heterocycles. The second kappa shape index (κ2) is 3.50. The summed E-state index contributed by atoms with van der Waals surface area (Å²) >= 11 is 3.38. The van der Waals surface area contributed by atoms with Crippen LogP contribution in [0.3, 0.4) is 0 Å². The molecule has 0 radical (unpaired) electrons. The van der Waals surface area contributed by atoms with E-state index in [0.29, 0.717) is 6.42 Å². The Morgan fingerprint density at radius 3 is 2.85 bits per heavy atom. The number of halogens is 1. The molecule has 2 rings (SSSR count). The Hall–Kier alpha value is -0.830. The molecule has 1 aliphatic carbocycles. The average Bonchev–Trinajstić information content (AvgIpc) is 2.51. The number of rotatable bonds is 1. The molecule has 0 saturated heterocycles. The Bertz CT molecular complexity index is 363. The lowest BCUT2D eigenvalue weighted by Crippen LogP contribution is -2.01. The Kier molecular flexibility index (Phi) is 2.36. The van der Waals surface area contributed by atoms with Gasteiger partial charge in [-0.2, -0.15) is 0 Å². The van der Waals surface area contributed by atoms with Gasteiger partial charge in [0.15, 0.2) is 5.78 Å². The Morgan fingerprint density at radius 1 is 1.38 bits per heavy atom. The zero-order valence-corrected chi connectivity index (χ0v) is 8.63. The number of ketones is 1. The van der Waals surface area contributed by atoms with Gasteiger partial charge in [-0.05, 0) is 46.5 Å². The summed E-state index contributed by atoms with van der Waals surface area (Å²) in [5, 5.41) is 0. The third kappa shape index (κ3) is 1.75. The maximum absolute atomic E-state index is 11.1. The van der Waals surface area contributed by atoms with Crippen molar-refractivity contribution in [3.05, 3.63) is 28.6 Å². The maximum atomic E-state index is 11.1. The molecule has 0 amide bonds. The Morgan fingerprint density at radius 2 is 2.23 bits per heavy atom. The van der Waals surface area contributed by atoms with E-state index in [4.69, 9.17) is 4.42 Å². The molecule has 13 heavy (non-hydrogen) atoms. The van der Waals surface area contributed by atoms with Crippen LogP contribution in [-0.2, 0) is 4.79 Å². The summed E-state index contributed by atoms with van der Waals surface area (Å²) in [6, 6.07) is 1.84. The first kappa shape index (κ1) is 8.75. The lowest BCUT2D eigenvalue weighted by Gasteiger charge is -2.09. The highest BCUT2D eigenvalue weighted by Gasteiger charge is 2.15. The molecule has 1 aliphatic rings. The number of allylic oxidation sites excluding steroid dienone is 2. The Labute approximate surface area is 84.7 Å². The molecule has 3 heteroatoms. The molecular weight excluding hydrogens is 232 g/mol. The first-order valence-corrected chi connectivity index (χ1v) is 5.03. The van der Waals surface area contributed by atoms with Gasteiger partial charge in [0.05, 0.1) is 10.7 Å². The van der Waals surface area contributed by atoms with E-state index in [1.165, 1.54) is 0 Å². The van der Waals surface area contributed by atoms with Gasteiger partial charge in [-0.1, -0.05) is 0 Å². The SMILES string of the molecule is O=C1C=C(c2occc2Br)CCC1. The fourth-order valence-electron chi connectivity index (χ4n) is 1.49. The van der Waals surface area contributed by atoms with E-state index in [2.05, 4.69) is 15.9 Å². The van der Waals surface area contributed by atoms with Crippen LogP contribution < -0.4 is 0 Å². The van der Waals surface area contributed by atoms with Gasteiger partial charge in [-0.15, -0.1) is 0 Å². The smallest absolute Gasteiger partial charge is 0.156 e. The summed E-state index contributed by atoms with van der Waals surface area (Å²) in [7, 11) is 0. The molecule has 0 aromatic carbocycles. The van der Waals surface area contributed by atoms with Crippen LogP contribution in [0.5, 0.6) is 0 Å². The van der Waals surface area contributed by atoms with E-state index in [0.717, 1.165) is 28.6 Å². The van der Waals surface area contributed by atoms with Crippen LogP contribution in [-0.4, -0.2) is 5.78 Å². The van der Waals surface area contributed by atoms with Gasteiger partial charge >= 0.3 is 0 Å². The fourth-order valence-corrected chi connectivity index (χ4v) is 1.95. The zero-order chi connectivity index (χ0) is 9.26. The molecule has 1 aromatic rings. The molecule has 1 heterocycles. The molecule has 0 bridgehead atoms. The van der Waals surface area contributed by atoms with E-state index in [1.54, 1.807) is 12.3 Å². The Balaban J connectivity index is 2.36. The molecule has 0 N–H and O–H groups in total. The molecule has 2 nitrogen and oxygen atoms in total. The van der Waals surface area contributed by atoms with E-state index in [1.807, 2.05) is 6.07 Å². The van der Waals surface area contributed by atoms with E-state index in [-0.39, 0.29) is 5.78 Å². The number of carbonyl (C=O) groups is 1. The lowest BCUT2D eigenvalue weighted by atomic mass is 9.97. The van der Waals surface area contributed by atoms with Crippen molar-refractivity contribution in [2.24, 2.45) is 0 Å². The van der Waals surface area contributed by atoms with Gasteiger partial charge < -0.3 is 4.42 Å². The highest BCUT2D eigenvalue weighted by atomic mass is 79.9. The quantitative estimate of drug-likeness (QED) is 0.755. The van der Waals surface area contributed by atoms with Crippen LogP contribution in [0.2, 0.25) is 0 Å². The first-order chi connectivity index (χ1) is 6.27. The van der Waals surface area contributed by atoms with Crippen molar-refractivity contribution >= 4 is 27.3 Å². The third-order valence-electron chi connectivity index (χ3n) is 2.11. The second-order valence-corrected chi connectivity index (χ2v) is 3.94. The summed E-state index contributed by atoms with van der Waals surface area (Å²) < 4.78 is 6.21. The minimum Gasteiger partial charge on any atom is -0.463 e.